The van der Waals surface area contributed by atoms with Crippen LogP contribution in [0.1, 0.15) is 26.3 Å². The largest absolute Gasteiger partial charge is 0.449 e. The molecule has 0 spiro atoms. The molecule has 2 aromatic carbocycles. The van der Waals surface area contributed by atoms with Crippen molar-refractivity contribution >= 4 is 57.5 Å². The second-order valence-electron chi connectivity index (χ2n) is 12.8. The van der Waals surface area contributed by atoms with E-state index in [4.69, 9.17) is 14.5 Å². The maximum atomic E-state index is 12.8. The number of benzene rings is 2. The van der Waals surface area contributed by atoms with Crippen molar-refractivity contribution in [2.45, 2.75) is 50.6 Å². The van der Waals surface area contributed by atoms with E-state index < -0.39 is 0 Å². The molecule has 5 aromatic heterocycles. The number of fused-ring (bicyclic) bond motifs is 2. The average molecular weight is 801 g/mol. The van der Waals surface area contributed by atoms with Gasteiger partial charge in [-0.25, -0.2) is 0 Å². The molecular formula is C40H38N11O4S2+. The molecule has 1 aliphatic heterocycles. The number of aromatic nitrogens is 9. The van der Waals surface area contributed by atoms with E-state index in [2.05, 4.69) is 42.9 Å². The molecule has 288 valence electrons. The lowest BCUT2D eigenvalue weighted by Crippen LogP contribution is -2.33. The van der Waals surface area contributed by atoms with Crippen LogP contribution in [-0.2, 0) is 29.1 Å². The first-order chi connectivity index (χ1) is 27.9. The minimum atomic E-state index is -0.136. The van der Waals surface area contributed by atoms with Gasteiger partial charge in [0.2, 0.25) is 24.4 Å². The van der Waals surface area contributed by atoms with E-state index in [0.29, 0.717) is 52.5 Å². The van der Waals surface area contributed by atoms with Crippen LogP contribution in [0.25, 0.3) is 39.4 Å². The summed E-state index contributed by atoms with van der Waals surface area (Å²) in [5, 5.41) is 26.8. The van der Waals surface area contributed by atoms with Gasteiger partial charge in [0.15, 0.2) is 22.0 Å². The molecule has 0 unspecified atom stereocenters. The number of nitrogens with zero attached hydrogens (tertiary/aromatic N) is 9. The molecule has 0 fully saturated rings. The number of rotatable bonds is 14. The lowest BCUT2D eigenvalue weighted by Gasteiger charge is -2.10. The number of carbonyl (C=O) groups is 2. The number of amides is 2. The fourth-order valence-electron chi connectivity index (χ4n) is 6.38. The van der Waals surface area contributed by atoms with Crippen LogP contribution in [-0.4, -0.2) is 69.6 Å². The number of para-hydroxylation sites is 1. The fourth-order valence-corrected chi connectivity index (χ4v) is 7.98. The molecule has 0 saturated heterocycles. The Morgan fingerprint density at radius 1 is 0.772 bits per heavy atom. The van der Waals surface area contributed by atoms with Crippen molar-refractivity contribution in [2.75, 3.05) is 28.9 Å². The normalized spacial score (nSPS) is 11.9. The minimum Gasteiger partial charge on any atom is -0.449 e. The Kier molecular flexibility index (Phi) is 11.1. The number of pyridine rings is 3. The summed E-state index contributed by atoms with van der Waals surface area (Å²) in [5.41, 5.74) is 4.18. The van der Waals surface area contributed by atoms with E-state index >= 15 is 0 Å². The molecule has 0 saturated carbocycles. The second kappa shape index (κ2) is 16.8. The maximum absolute atomic E-state index is 12.8. The number of aryl methyl sites for hydroxylation is 1. The van der Waals surface area contributed by atoms with Crippen molar-refractivity contribution in [3.63, 3.8) is 0 Å². The first-order valence-corrected chi connectivity index (χ1v) is 20.3. The zero-order chi connectivity index (χ0) is 39.3. The molecule has 7 aromatic rings. The molecular weight excluding hydrogens is 763 g/mol. The van der Waals surface area contributed by atoms with E-state index in [0.717, 1.165) is 39.7 Å². The summed E-state index contributed by atoms with van der Waals surface area (Å²) in [5.74, 6) is 2.88. The van der Waals surface area contributed by atoms with Crippen LogP contribution >= 0.6 is 23.5 Å². The van der Waals surface area contributed by atoms with Gasteiger partial charge in [-0.1, -0.05) is 60.8 Å². The van der Waals surface area contributed by atoms with Crippen molar-refractivity contribution in [2.24, 2.45) is 0 Å². The third-order valence-corrected chi connectivity index (χ3v) is 11.1. The van der Waals surface area contributed by atoms with Gasteiger partial charge >= 0.3 is 11.7 Å². The minimum absolute atomic E-state index is 0.0445. The van der Waals surface area contributed by atoms with Crippen LogP contribution in [0, 0.1) is 0 Å². The molecule has 2 amide bonds. The van der Waals surface area contributed by atoms with Gasteiger partial charge < -0.3 is 29.2 Å². The van der Waals surface area contributed by atoms with Crippen LogP contribution in [0.3, 0.4) is 0 Å². The van der Waals surface area contributed by atoms with Crippen molar-refractivity contribution in [1.82, 2.24) is 39.5 Å². The standard InChI is InChI=1S/C40H37N11O4S2/c1-4-25-12-14-29(15-13-25)44-35(53)23-56-39-47-45-36(49(39)5-2)26-16-32-38(55-24-54-32)51(21-26)33-17-30-27(19-42-33)18-41-20-31(30)37-46-48-40(50(37)6-3)57-22-34(52)43-28-10-8-7-9-11-28/h7-21H,4-6,22-24H2,1-3H3,(H-,43,44,52,53)/p+1. The summed E-state index contributed by atoms with van der Waals surface area (Å²) in [4.78, 5) is 34.9. The van der Waals surface area contributed by atoms with Gasteiger partial charge in [-0.2, -0.15) is 4.57 Å². The Labute approximate surface area is 336 Å². The topological polar surface area (TPSA) is 168 Å². The highest BCUT2D eigenvalue weighted by Crippen LogP contribution is 2.35. The van der Waals surface area contributed by atoms with Gasteiger partial charge in [0.25, 0.3) is 0 Å². The van der Waals surface area contributed by atoms with E-state index in [1.165, 1.54) is 29.1 Å². The van der Waals surface area contributed by atoms with Gasteiger partial charge in [-0.05, 0) is 55.1 Å². The molecule has 8 rings (SSSR count). The Morgan fingerprint density at radius 3 is 2.12 bits per heavy atom. The van der Waals surface area contributed by atoms with Crippen molar-refractivity contribution < 1.29 is 23.6 Å². The lowest BCUT2D eigenvalue weighted by molar-refractivity contribution is -0.605. The zero-order valence-corrected chi connectivity index (χ0v) is 33.0. The van der Waals surface area contributed by atoms with Crippen LogP contribution in [0.2, 0.25) is 0 Å². The first kappa shape index (κ1) is 37.6. The molecule has 17 heteroatoms. The van der Waals surface area contributed by atoms with Gasteiger partial charge in [-0.3, -0.25) is 14.6 Å². The second-order valence-corrected chi connectivity index (χ2v) is 14.7. The average Bonchev–Trinajstić information content (AvgIpc) is 4.00. The van der Waals surface area contributed by atoms with Crippen LogP contribution in [0.15, 0.2) is 102 Å². The number of ether oxygens (including phenoxy) is 2. The summed E-state index contributed by atoms with van der Waals surface area (Å²) >= 11 is 2.64. The van der Waals surface area contributed by atoms with Crippen molar-refractivity contribution in [1.29, 1.82) is 0 Å². The smallest absolute Gasteiger partial charge is 0.336 e. The summed E-state index contributed by atoms with van der Waals surface area (Å²) in [6, 6.07) is 21.0. The molecule has 1 aliphatic rings. The highest BCUT2D eigenvalue weighted by Gasteiger charge is 2.29. The summed E-state index contributed by atoms with van der Waals surface area (Å²) in [6.45, 7) is 7.30. The number of hydrogen-bond donors (Lipinski definition) is 2. The monoisotopic (exact) mass is 800 g/mol. The molecule has 0 atom stereocenters. The molecule has 0 aliphatic carbocycles. The van der Waals surface area contributed by atoms with Crippen molar-refractivity contribution in [3.05, 3.63) is 97.1 Å². The Balaban J connectivity index is 1.06. The predicted octanol–water partition coefficient (Wildman–Crippen LogP) is 6.22. The quantitative estimate of drug-likeness (QED) is 0.0944. The number of hydrogen-bond acceptors (Lipinski definition) is 12. The number of thioether (sulfide) groups is 2. The summed E-state index contributed by atoms with van der Waals surface area (Å²) in [7, 11) is 0. The van der Waals surface area contributed by atoms with E-state index in [-0.39, 0.29) is 30.1 Å². The molecule has 57 heavy (non-hydrogen) atoms. The number of anilines is 2. The van der Waals surface area contributed by atoms with E-state index in [9.17, 15) is 9.59 Å². The SMILES string of the molecule is CCc1ccc(NC(=O)CSc2nnc(-c3cc4c([n+](-c5cc6c(-c7nnc(SCC(=O)Nc8ccccc8)n7CC)cncc6cn5)c3)OCO4)n2CC)cc1. The predicted molar refractivity (Wildman–Crippen MR) is 218 cm³/mol. The van der Waals surface area contributed by atoms with Gasteiger partial charge in [0, 0.05) is 65.3 Å². The molecule has 6 heterocycles. The van der Waals surface area contributed by atoms with Crippen LogP contribution < -0.4 is 24.7 Å². The van der Waals surface area contributed by atoms with Gasteiger partial charge in [-0.15, -0.1) is 20.4 Å². The van der Waals surface area contributed by atoms with Gasteiger partial charge in [0.1, 0.15) is 12.4 Å². The first-order valence-electron chi connectivity index (χ1n) is 18.4. The zero-order valence-electron chi connectivity index (χ0n) is 31.4. The third kappa shape index (κ3) is 8.01. The highest BCUT2D eigenvalue weighted by molar-refractivity contribution is 8.00. The molecule has 0 radical (unpaired) electrons. The Hall–Kier alpha value is -6.33. The van der Waals surface area contributed by atoms with E-state index in [1.54, 1.807) is 18.6 Å². The highest BCUT2D eigenvalue weighted by atomic mass is 32.2. The van der Waals surface area contributed by atoms with Crippen molar-refractivity contribution in [3.8, 4) is 40.2 Å². The Morgan fingerprint density at radius 2 is 1.44 bits per heavy atom. The molecule has 2 N–H and O–H groups in total. The lowest BCUT2D eigenvalue weighted by atomic mass is 10.1. The van der Waals surface area contributed by atoms with Crippen LogP contribution in [0.4, 0.5) is 11.4 Å². The van der Waals surface area contributed by atoms with E-state index in [1.807, 2.05) is 100 Å². The molecule has 15 nitrogen and oxygen atoms in total. The number of nitrogens with one attached hydrogen (secondary N) is 2. The van der Waals surface area contributed by atoms with Gasteiger partial charge in [0.05, 0.1) is 17.1 Å². The number of carbonyl (C=O) groups excluding carboxylic acids is 2. The fraction of sp³-hybridized carbons (Fsp3) is 0.225. The third-order valence-electron chi connectivity index (χ3n) is 9.20. The molecule has 0 bridgehead atoms. The Bertz CT molecular complexity index is 2580. The maximum Gasteiger partial charge on any atom is 0.336 e. The summed E-state index contributed by atoms with van der Waals surface area (Å²) < 4.78 is 17.6. The van der Waals surface area contributed by atoms with Crippen LogP contribution in [0.5, 0.6) is 11.6 Å². The summed E-state index contributed by atoms with van der Waals surface area (Å²) in [6.07, 6.45) is 8.09.